The third-order valence-corrected chi connectivity index (χ3v) is 5.30. The predicted molar refractivity (Wildman–Crippen MR) is 126 cm³/mol. The number of carbonyl (C=O) groups excluding carboxylic acids is 2. The number of amides is 1. The number of aryl methyl sites for hydroxylation is 1. The number of carbonyl (C=O) groups is 2. The average Bonchev–Trinajstić information content (AvgIpc) is 3.11. The first-order valence-electron chi connectivity index (χ1n) is 10.8. The Labute approximate surface area is 189 Å². The lowest BCUT2D eigenvalue weighted by molar-refractivity contribution is 0.0524. The molecule has 3 aromatic rings. The first-order chi connectivity index (χ1) is 15.4. The number of rotatable bonds is 9. The molecular weight excluding hydrogens is 404 g/mol. The van der Waals surface area contributed by atoms with E-state index in [1.54, 1.807) is 30.7 Å². The molecule has 0 fully saturated rings. The van der Waals surface area contributed by atoms with Crippen molar-refractivity contribution in [1.82, 2.24) is 15.1 Å². The van der Waals surface area contributed by atoms with Gasteiger partial charge in [-0.1, -0.05) is 18.2 Å². The largest absolute Gasteiger partial charge is 0.462 e. The SMILES string of the molecule is CCOC(=O)c1c(C)nn(-c2ccc(C(=O)NCCCN(C)c3ccccc3)cc2)c1C. The number of benzene rings is 2. The summed E-state index contributed by atoms with van der Waals surface area (Å²) in [6, 6.07) is 17.3. The minimum atomic E-state index is -0.373. The third-order valence-electron chi connectivity index (χ3n) is 5.30. The first kappa shape index (κ1) is 23.1. The highest BCUT2D eigenvalue weighted by Gasteiger charge is 2.20. The fourth-order valence-electron chi connectivity index (χ4n) is 3.58. The minimum absolute atomic E-state index is 0.112. The molecule has 0 aliphatic heterocycles. The number of aromatic nitrogens is 2. The number of nitrogens with zero attached hydrogens (tertiary/aromatic N) is 3. The molecule has 0 spiro atoms. The average molecular weight is 435 g/mol. The molecule has 0 saturated heterocycles. The molecule has 0 saturated carbocycles. The molecule has 0 aliphatic rings. The maximum Gasteiger partial charge on any atom is 0.341 e. The van der Waals surface area contributed by atoms with E-state index in [1.807, 2.05) is 44.3 Å². The van der Waals surface area contributed by atoms with Crippen molar-refractivity contribution in [2.75, 3.05) is 31.6 Å². The molecule has 0 bridgehead atoms. The maximum atomic E-state index is 12.5. The number of hydrogen-bond donors (Lipinski definition) is 1. The van der Waals surface area contributed by atoms with Crippen molar-refractivity contribution in [3.8, 4) is 5.69 Å². The van der Waals surface area contributed by atoms with Crippen LogP contribution in [0.2, 0.25) is 0 Å². The molecule has 1 aromatic heterocycles. The molecule has 1 amide bonds. The molecule has 0 unspecified atom stereocenters. The second-order valence-corrected chi connectivity index (χ2v) is 7.59. The number of para-hydroxylation sites is 1. The van der Waals surface area contributed by atoms with E-state index in [0.29, 0.717) is 35.7 Å². The van der Waals surface area contributed by atoms with Crippen molar-refractivity contribution >= 4 is 17.6 Å². The van der Waals surface area contributed by atoms with E-state index in [1.165, 1.54) is 0 Å². The highest BCUT2D eigenvalue weighted by molar-refractivity contribution is 5.94. The van der Waals surface area contributed by atoms with E-state index < -0.39 is 0 Å². The fraction of sp³-hybridized carbons (Fsp3) is 0.320. The molecule has 0 atom stereocenters. The Hall–Kier alpha value is -3.61. The summed E-state index contributed by atoms with van der Waals surface area (Å²) in [6.07, 6.45) is 0.845. The van der Waals surface area contributed by atoms with Crippen LogP contribution >= 0.6 is 0 Å². The minimum Gasteiger partial charge on any atom is -0.462 e. The van der Waals surface area contributed by atoms with Crippen molar-refractivity contribution < 1.29 is 14.3 Å². The third kappa shape index (κ3) is 5.35. The van der Waals surface area contributed by atoms with E-state index >= 15 is 0 Å². The van der Waals surface area contributed by atoms with Crippen molar-refractivity contribution in [1.29, 1.82) is 0 Å². The summed E-state index contributed by atoms with van der Waals surface area (Å²) in [6.45, 7) is 7.15. The zero-order valence-corrected chi connectivity index (χ0v) is 19.1. The second kappa shape index (κ2) is 10.6. The first-order valence-corrected chi connectivity index (χ1v) is 10.8. The number of hydrogen-bond acceptors (Lipinski definition) is 5. The number of anilines is 1. The van der Waals surface area contributed by atoms with Gasteiger partial charge in [0.15, 0.2) is 0 Å². The van der Waals surface area contributed by atoms with E-state index in [-0.39, 0.29) is 11.9 Å². The van der Waals surface area contributed by atoms with Crippen LogP contribution in [0.5, 0.6) is 0 Å². The molecule has 1 N–H and O–H groups in total. The lowest BCUT2D eigenvalue weighted by atomic mass is 10.1. The van der Waals surface area contributed by atoms with Gasteiger partial charge in [-0.2, -0.15) is 5.10 Å². The maximum absolute atomic E-state index is 12.5. The lowest BCUT2D eigenvalue weighted by Gasteiger charge is -2.19. The molecule has 2 aromatic carbocycles. The van der Waals surface area contributed by atoms with Crippen LogP contribution in [0.4, 0.5) is 5.69 Å². The summed E-state index contributed by atoms with van der Waals surface area (Å²) in [4.78, 5) is 26.8. The standard InChI is InChI=1S/C25H30N4O3/c1-5-32-25(31)23-18(2)27-29(19(23)3)22-14-12-20(13-15-22)24(30)26-16-9-17-28(4)21-10-7-6-8-11-21/h6-8,10-15H,5,9,16-17H2,1-4H3,(H,26,30). The van der Waals surface area contributed by atoms with Gasteiger partial charge in [0.05, 0.1) is 23.7 Å². The highest BCUT2D eigenvalue weighted by atomic mass is 16.5. The summed E-state index contributed by atoms with van der Waals surface area (Å²) >= 11 is 0. The summed E-state index contributed by atoms with van der Waals surface area (Å²) in [5, 5.41) is 7.44. The monoisotopic (exact) mass is 434 g/mol. The predicted octanol–water partition coefficient (Wildman–Crippen LogP) is 3.92. The Morgan fingerprint density at radius 1 is 1.06 bits per heavy atom. The summed E-state index contributed by atoms with van der Waals surface area (Å²) in [7, 11) is 2.04. The van der Waals surface area contributed by atoms with Gasteiger partial charge in [-0.15, -0.1) is 0 Å². The van der Waals surface area contributed by atoms with E-state index in [0.717, 1.165) is 24.3 Å². The zero-order valence-electron chi connectivity index (χ0n) is 19.1. The van der Waals surface area contributed by atoms with Crippen LogP contribution in [0.3, 0.4) is 0 Å². The number of ether oxygens (including phenoxy) is 1. The summed E-state index contributed by atoms with van der Waals surface area (Å²) < 4.78 is 6.82. The Kier molecular flexibility index (Phi) is 7.65. The van der Waals surface area contributed by atoms with Gasteiger partial charge in [-0.05, 0) is 63.6 Å². The van der Waals surface area contributed by atoms with Gasteiger partial charge in [-0.25, -0.2) is 9.48 Å². The topological polar surface area (TPSA) is 76.5 Å². The van der Waals surface area contributed by atoms with Crippen LogP contribution in [-0.4, -0.2) is 48.4 Å². The van der Waals surface area contributed by atoms with Gasteiger partial charge < -0.3 is 15.0 Å². The van der Waals surface area contributed by atoms with Gasteiger partial charge in [0, 0.05) is 31.4 Å². The van der Waals surface area contributed by atoms with Crippen LogP contribution in [-0.2, 0) is 4.74 Å². The Morgan fingerprint density at radius 2 is 1.75 bits per heavy atom. The number of esters is 1. The Bertz CT molecular complexity index is 1060. The normalized spacial score (nSPS) is 10.6. The molecule has 0 aliphatic carbocycles. The van der Waals surface area contributed by atoms with Crippen LogP contribution in [0.1, 0.15) is 45.4 Å². The Morgan fingerprint density at radius 3 is 2.41 bits per heavy atom. The molecule has 0 radical (unpaired) electrons. The van der Waals surface area contributed by atoms with Crippen molar-refractivity contribution in [3.63, 3.8) is 0 Å². The smallest absolute Gasteiger partial charge is 0.341 e. The fourth-order valence-corrected chi connectivity index (χ4v) is 3.58. The van der Waals surface area contributed by atoms with Crippen molar-refractivity contribution in [2.24, 2.45) is 0 Å². The number of nitrogens with one attached hydrogen (secondary N) is 1. The van der Waals surface area contributed by atoms with Crippen LogP contribution in [0.25, 0.3) is 5.69 Å². The van der Waals surface area contributed by atoms with Crippen LogP contribution in [0.15, 0.2) is 54.6 Å². The molecular formula is C25H30N4O3. The van der Waals surface area contributed by atoms with Crippen molar-refractivity contribution in [2.45, 2.75) is 27.2 Å². The zero-order chi connectivity index (χ0) is 23.1. The molecule has 32 heavy (non-hydrogen) atoms. The molecule has 7 nitrogen and oxygen atoms in total. The van der Waals surface area contributed by atoms with E-state index in [9.17, 15) is 9.59 Å². The van der Waals surface area contributed by atoms with Crippen LogP contribution < -0.4 is 10.2 Å². The lowest BCUT2D eigenvalue weighted by Crippen LogP contribution is -2.28. The highest BCUT2D eigenvalue weighted by Crippen LogP contribution is 2.19. The second-order valence-electron chi connectivity index (χ2n) is 7.59. The van der Waals surface area contributed by atoms with E-state index in [2.05, 4.69) is 27.4 Å². The summed E-state index contributed by atoms with van der Waals surface area (Å²) in [5.41, 5.74) is 4.32. The Balaban J connectivity index is 1.57. The van der Waals surface area contributed by atoms with Gasteiger partial charge in [0.1, 0.15) is 5.56 Å². The van der Waals surface area contributed by atoms with E-state index in [4.69, 9.17) is 4.74 Å². The van der Waals surface area contributed by atoms with Gasteiger partial charge in [0.2, 0.25) is 0 Å². The van der Waals surface area contributed by atoms with Gasteiger partial charge in [0.25, 0.3) is 5.91 Å². The van der Waals surface area contributed by atoms with Gasteiger partial charge >= 0.3 is 5.97 Å². The van der Waals surface area contributed by atoms with Gasteiger partial charge in [-0.3, -0.25) is 4.79 Å². The van der Waals surface area contributed by atoms with Crippen molar-refractivity contribution in [3.05, 3.63) is 77.1 Å². The molecule has 7 heteroatoms. The molecule has 168 valence electrons. The summed E-state index contributed by atoms with van der Waals surface area (Å²) in [5.74, 6) is -0.484. The quantitative estimate of drug-likeness (QED) is 0.408. The molecule has 3 rings (SSSR count). The van der Waals surface area contributed by atoms with Crippen LogP contribution in [0, 0.1) is 13.8 Å². The molecule has 1 heterocycles.